The van der Waals surface area contributed by atoms with Crippen molar-refractivity contribution in [3.8, 4) is 0 Å². The van der Waals surface area contributed by atoms with Crippen molar-refractivity contribution in [3.63, 3.8) is 0 Å². The number of rotatable bonds is 9. The van der Waals surface area contributed by atoms with Gasteiger partial charge in [0, 0.05) is 19.5 Å². The van der Waals surface area contributed by atoms with Gasteiger partial charge < -0.3 is 21.1 Å². The Morgan fingerprint density at radius 1 is 1.28 bits per heavy atom. The van der Waals surface area contributed by atoms with Crippen LogP contribution in [0.3, 0.4) is 0 Å². The maximum Gasteiger partial charge on any atom is 0.126 e. The van der Waals surface area contributed by atoms with Crippen molar-refractivity contribution >= 4 is 11.7 Å². The lowest BCUT2D eigenvalue weighted by molar-refractivity contribution is 0.175. The smallest absolute Gasteiger partial charge is 0.126 e. The number of fused-ring (bicyclic) bond motifs is 1. The van der Waals surface area contributed by atoms with E-state index in [-0.39, 0.29) is 18.2 Å². The van der Waals surface area contributed by atoms with E-state index in [2.05, 4.69) is 28.3 Å². The summed E-state index contributed by atoms with van der Waals surface area (Å²) in [5.74, 6) is 1.60. The van der Waals surface area contributed by atoms with Gasteiger partial charge in [0.05, 0.1) is 6.10 Å². The Morgan fingerprint density at radius 2 is 2.16 bits per heavy atom. The molecule has 0 aliphatic carbocycles. The standard InChI is InChI=1S/C19H33N5O/c1-2-3-8-16-22-17-14(12-21-18(17)19(20)23-16)7-5-4-6-10-24-11-9-15(25)13-24/h12,15,17-18,21,25H,2-11,13H2,1H3,(H2,20,22,23)/t15-,17?,18?/m0/s1. The molecule has 1 fully saturated rings. The summed E-state index contributed by atoms with van der Waals surface area (Å²) in [6.07, 6.45) is 10.8. The zero-order chi connectivity index (χ0) is 17.6. The van der Waals surface area contributed by atoms with Gasteiger partial charge in [0.2, 0.25) is 0 Å². The van der Waals surface area contributed by atoms with E-state index in [0.29, 0.717) is 5.84 Å². The molecule has 0 saturated carbocycles. The summed E-state index contributed by atoms with van der Waals surface area (Å²) in [6.45, 7) is 5.20. The largest absolute Gasteiger partial charge is 0.392 e. The fourth-order valence-corrected chi connectivity index (χ4v) is 3.93. The Morgan fingerprint density at radius 3 is 2.92 bits per heavy atom. The number of aliphatic imine (C=N–C) groups is 2. The molecule has 1 saturated heterocycles. The first-order chi connectivity index (χ1) is 12.2. The average Bonchev–Trinajstić information content (AvgIpc) is 3.19. The first-order valence-corrected chi connectivity index (χ1v) is 9.93. The number of unbranched alkanes of at least 4 members (excludes halogenated alkanes) is 3. The number of hydrogen-bond acceptors (Lipinski definition) is 6. The van der Waals surface area contributed by atoms with Crippen LogP contribution in [0, 0.1) is 0 Å². The van der Waals surface area contributed by atoms with Crippen LogP contribution >= 0.6 is 0 Å². The molecule has 0 aromatic heterocycles. The van der Waals surface area contributed by atoms with Crippen LogP contribution < -0.4 is 11.1 Å². The predicted molar refractivity (Wildman–Crippen MR) is 103 cm³/mol. The molecule has 0 radical (unpaired) electrons. The van der Waals surface area contributed by atoms with Crippen molar-refractivity contribution < 1.29 is 5.11 Å². The quantitative estimate of drug-likeness (QED) is 0.555. The second-order valence-corrected chi connectivity index (χ2v) is 7.55. The molecule has 0 amide bonds. The van der Waals surface area contributed by atoms with Crippen LogP contribution in [0.15, 0.2) is 21.8 Å². The highest BCUT2D eigenvalue weighted by atomic mass is 16.3. The molecule has 2 unspecified atom stereocenters. The van der Waals surface area contributed by atoms with Gasteiger partial charge in [-0.15, -0.1) is 0 Å². The van der Waals surface area contributed by atoms with Crippen molar-refractivity contribution in [1.82, 2.24) is 10.2 Å². The van der Waals surface area contributed by atoms with E-state index in [1.807, 2.05) is 0 Å². The van der Waals surface area contributed by atoms with Crippen LogP contribution in [0.25, 0.3) is 0 Å². The zero-order valence-corrected chi connectivity index (χ0v) is 15.5. The number of nitrogens with two attached hydrogens (primary N) is 1. The second-order valence-electron chi connectivity index (χ2n) is 7.55. The SMILES string of the molecule is CCCCC1=NC2C(CCCCCN3CC[C@H](O)C3)=CNC2C(N)=N1. The summed E-state index contributed by atoms with van der Waals surface area (Å²) in [6, 6.07) is 0.213. The van der Waals surface area contributed by atoms with Crippen molar-refractivity contribution in [2.45, 2.75) is 76.5 Å². The van der Waals surface area contributed by atoms with Gasteiger partial charge >= 0.3 is 0 Å². The highest BCUT2D eigenvalue weighted by Crippen LogP contribution is 2.26. The first kappa shape index (κ1) is 18.4. The van der Waals surface area contributed by atoms with Gasteiger partial charge in [-0.05, 0) is 50.4 Å². The minimum atomic E-state index is -0.107. The van der Waals surface area contributed by atoms with Gasteiger partial charge in [-0.1, -0.05) is 19.8 Å². The first-order valence-electron chi connectivity index (χ1n) is 9.93. The number of likely N-dealkylation sites (tertiary alicyclic amines) is 1. The lowest BCUT2D eigenvalue weighted by atomic mass is 9.97. The number of nitrogens with zero attached hydrogens (tertiary/aromatic N) is 3. The van der Waals surface area contributed by atoms with Crippen LogP contribution in [0.4, 0.5) is 0 Å². The van der Waals surface area contributed by atoms with Crippen LogP contribution in [0.1, 0.15) is 58.3 Å². The van der Waals surface area contributed by atoms with Crippen molar-refractivity contribution in [1.29, 1.82) is 0 Å². The number of hydrogen-bond donors (Lipinski definition) is 3. The minimum Gasteiger partial charge on any atom is -0.392 e. The van der Waals surface area contributed by atoms with E-state index in [4.69, 9.17) is 10.7 Å². The van der Waals surface area contributed by atoms with Gasteiger partial charge in [0.15, 0.2) is 0 Å². The molecule has 3 rings (SSSR count). The molecule has 4 N–H and O–H groups in total. The van der Waals surface area contributed by atoms with Gasteiger partial charge in [-0.3, -0.25) is 4.99 Å². The summed E-state index contributed by atoms with van der Waals surface area (Å²) in [5.41, 5.74) is 7.52. The fourth-order valence-electron chi connectivity index (χ4n) is 3.93. The molecule has 6 heteroatoms. The third-order valence-electron chi connectivity index (χ3n) is 5.45. The van der Waals surface area contributed by atoms with E-state index < -0.39 is 0 Å². The highest BCUT2D eigenvalue weighted by molar-refractivity contribution is 6.02. The molecule has 140 valence electrons. The van der Waals surface area contributed by atoms with E-state index >= 15 is 0 Å². The fraction of sp³-hybridized carbons (Fsp3) is 0.789. The van der Waals surface area contributed by atoms with Gasteiger partial charge in [0.1, 0.15) is 23.8 Å². The zero-order valence-electron chi connectivity index (χ0n) is 15.5. The molecule has 0 aromatic carbocycles. The normalized spacial score (nSPS) is 29.0. The molecular weight excluding hydrogens is 314 g/mol. The Bertz CT molecular complexity index is 542. The lowest BCUT2D eigenvalue weighted by Crippen LogP contribution is -2.46. The molecule has 3 aliphatic heterocycles. The third-order valence-corrected chi connectivity index (χ3v) is 5.45. The predicted octanol–water partition coefficient (Wildman–Crippen LogP) is 1.80. The van der Waals surface area contributed by atoms with Crippen molar-refractivity contribution in [2.75, 3.05) is 19.6 Å². The molecule has 3 atom stereocenters. The number of β-amino-alcohol motifs (C(OH)–C–C–N with tert-alkyl or cyclic N) is 1. The number of nitrogens with one attached hydrogen (secondary N) is 1. The van der Waals surface area contributed by atoms with E-state index in [1.54, 1.807) is 0 Å². The van der Waals surface area contributed by atoms with Gasteiger partial charge in [-0.25, -0.2) is 4.99 Å². The molecule has 0 spiro atoms. The summed E-state index contributed by atoms with van der Waals surface area (Å²) in [4.78, 5) is 11.7. The maximum absolute atomic E-state index is 9.56. The molecule has 0 aromatic rings. The number of aliphatic hydroxyl groups is 1. The van der Waals surface area contributed by atoms with Gasteiger partial charge in [0.25, 0.3) is 0 Å². The Hall–Kier alpha value is -1.40. The third kappa shape index (κ3) is 4.82. The number of aliphatic hydroxyl groups excluding tert-OH is 1. The summed E-state index contributed by atoms with van der Waals surface area (Å²) in [7, 11) is 0. The highest BCUT2D eigenvalue weighted by Gasteiger charge is 2.34. The topological polar surface area (TPSA) is 86.2 Å². The Labute approximate surface area is 151 Å². The molecule has 25 heavy (non-hydrogen) atoms. The molecule has 3 aliphatic rings. The van der Waals surface area contributed by atoms with Crippen LogP contribution in [-0.2, 0) is 0 Å². The minimum absolute atomic E-state index is 0.0615. The summed E-state index contributed by atoms with van der Waals surface area (Å²) < 4.78 is 0. The molecule has 3 heterocycles. The summed E-state index contributed by atoms with van der Waals surface area (Å²) >= 11 is 0. The molecular formula is C19H33N5O. The average molecular weight is 348 g/mol. The Balaban J connectivity index is 1.41. The molecule has 0 bridgehead atoms. The maximum atomic E-state index is 9.56. The van der Waals surface area contributed by atoms with E-state index in [0.717, 1.165) is 57.6 Å². The van der Waals surface area contributed by atoms with Crippen molar-refractivity contribution in [3.05, 3.63) is 11.8 Å². The van der Waals surface area contributed by atoms with Crippen molar-refractivity contribution in [2.24, 2.45) is 15.7 Å². The second kappa shape index (κ2) is 8.81. The Kier molecular flexibility index (Phi) is 6.48. The van der Waals surface area contributed by atoms with E-state index in [1.165, 1.54) is 24.8 Å². The molecule has 6 nitrogen and oxygen atoms in total. The monoisotopic (exact) mass is 347 g/mol. The summed E-state index contributed by atoms with van der Waals surface area (Å²) in [5, 5.41) is 12.9. The van der Waals surface area contributed by atoms with Crippen LogP contribution in [0.2, 0.25) is 0 Å². The van der Waals surface area contributed by atoms with Gasteiger partial charge in [-0.2, -0.15) is 0 Å². The van der Waals surface area contributed by atoms with Crippen LogP contribution in [-0.4, -0.2) is 59.5 Å². The number of amidine groups is 2. The van der Waals surface area contributed by atoms with Crippen LogP contribution in [0.5, 0.6) is 0 Å². The lowest BCUT2D eigenvalue weighted by Gasteiger charge is -2.24. The van der Waals surface area contributed by atoms with E-state index in [9.17, 15) is 5.11 Å².